The van der Waals surface area contributed by atoms with Gasteiger partial charge in [-0.1, -0.05) is 0 Å². The molecule has 0 aromatic carbocycles. The highest BCUT2D eigenvalue weighted by molar-refractivity contribution is 5.85. The van der Waals surface area contributed by atoms with Crippen molar-refractivity contribution in [3.8, 4) is 0 Å². The Morgan fingerprint density at radius 1 is 1.62 bits per heavy atom. The van der Waals surface area contributed by atoms with Gasteiger partial charge in [-0.05, 0) is 38.8 Å². The maximum absolute atomic E-state index is 12.1. The third kappa shape index (κ3) is 2.44. The van der Waals surface area contributed by atoms with E-state index < -0.39 is 5.54 Å². The van der Waals surface area contributed by atoms with Gasteiger partial charge in [0.2, 0.25) is 5.91 Å². The second kappa shape index (κ2) is 3.94. The van der Waals surface area contributed by atoms with Gasteiger partial charge in [0.25, 0.3) is 0 Å². The van der Waals surface area contributed by atoms with Crippen LogP contribution in [-0.4, -0.2) is 22.4 Å². The number of hydrogen-bond acceptors (Lipinski definition) is 3. The monoisotopic (exact) mass is 222 g/mol. The largest absolute Gasteiger partial charge is 0.467 e. The van der Waals surface area contributed by atoms with E-state index in [2.05, 4.69) is 0 Å². The molecule has 1 aromatic heterocycles. The van der Waals surface area contributed by atoms with Crippen molar-refractivity contribution in [2.75, 3.05) is 0 Å². The molecule has 0 radical (unpaired) electrons. The van der Waals surface area contributed by atoms with Crippen molar-refractivity contribution in [2.24, 2.45) is 5.73 Å². The minimum Gasteiger partial charge on any atom is -0.467 e. The highest BCUT2D eigenvalue weighted by Gasteiger charge is 2.38. The summed E-state index contributed by atoms with van der Waals surface area (Å²) in [5.74, 6) is 0.802. The normalized spacial score (nSPS) is 16.2. The van der Waals surface area contributed by atoms with Crippen LogP contribution in [0.15, 0.2) is 22.8 Å². The van der Waals surface area contributed by atoms with E-state index in [9.17, 15) is 4.79 Å². The second-order valence-corrected chi connectivity index (χ2v) is 4.97. The van der Waals surface area contributed by atoms with Crippen molar-refractivity contribution in [1.82, 2.24) is 4.90 Å². The summed E-state index contributed by atoms with van der Waals surface area (Å²) in [5.41, 5.74) is 5.04. The molecule has 4 nitrogen and oxygen atoms in total. The molecule has 1 aliphatic rings. The number of amides is 1. The average Bonchev–Trinajstić information content (AvgIpc) is 2.90. The fourth-order valence-electron chi connectivity index (χ4n) is 1.69. The maximum Gasteiger partial charge on any atom is 0.242 e. The molecule has 1 fully saturated rings. The van der Waals surface area contributed by atoms with E-state index in [4.69, 9.17) is 10.2 Å². The molecule has 4 heteroatoms. The predicted octanol–water partition coefficient (Wildman–Crippen LogP) is 1.51. The highest BCUT2D eigenvalue weighted by atomic mass is 16.3. The van der Waals surface area contributed by atoms with E-state index >= 15 is 0 Å². The zero-order valence-corrected chi connectivity index (χ0v) is 9.77. The maximum atomic E-state index is 12.1. The molecule has 2 N–H and O–H groups in total. The summed E-state index contributed by atoms with van der Waals surface area (Å²) in [5, 5.41) is 0. The van der Waals surface area contributed by atoms with Crippen molar-refractivity contribution in [1.29, 1.82) is 0 Å². The first-order valence-corrected chi connectivity index (χ1v) is 5.61. The fraction of sp³-hybridized carbons (Fsp3) is 0.583. The Kier molecular flexibility index (Phi) is 2.76. The Hall–Kier alpha value is -1.29. The van der Waals surface area contributed by atoms with Gasteiger partial charge in [-0.25, -0.2) is 0 Å². The number of carbonyl (C=O) groups excluding carboxylic acids is 1. The van der Waals surface area contributed by atoms with Crippen LogP contribution in [0.1, 0.15) is 32.4 Å². The Balaban J connectivity index is 2.09. The number of nitrogens with two attached hydrogens (primary N) is 1. The zero-order chi connectivity index (χ0) is 11.8. The standard InChI is InChI=1S/C12H18N2O2/c1-12(2,13)11(15)14(9-5-6-9)8-10-4-3-7-16-10/h3-4,7,9H,5-6,8,13H2,1-2H3. The van der Waals surface area contributed by atoms with Crippen molar-refractivity contribution < 1.29 is 9.21 Å². The van der Waals surface area contributed by atoms with E-state index in [0.717, 1.165) is 18.6 Å². The van der Waals surface area contributed by atoms with Crippen LogP contribution in [-0.2, 0) is 11.3 Å². The third-order valence-electron chi connectivity index (χ3n) is 2.71. The number of rotatable bonds is 4. The van der Waals surface area contributed by atoms with Gasteiger partial charge in [-0.2, -0.15) is 0 Å². The summed E-state index contributed by atoms with van der Waals surface area (Å²) in [6.45, 7) is 4.01. The predicted molar refractivity (Wildman–Crippen MR) is 60.5 cm³/mol. The Bertz CT molecular complexity index is 361. The van der Waals surface area contributed by atoms with Crippen LogP contribution < -0.4 is 5.73 Å². The van der Waals surface area contributed by atoms with Crippen LogP contribution in [0.5, 0.6) is 0 Å². The molecular formula is C12H18N2O2. The molecular weight excluding hydrogens is 204 g/mol. The van der Waals surface area contributed by atoms with E-state index in [-0.39, 0.29) is 5.91 Å². The summed E-state index contributed by atoms with van der Waals surface area (Å²) in [4.78, 5) is 14.0. The third-order valence-corrected chi connectivity index (χ3v) is 2.71. The summed E-state index contributed by atoms with van der Waals surface area (Å²) >= 11 is 0. The molecule has 16 heavy (non-hydrogen) atoms. The van der Waals surface area contributed by atoms with E-state index in [1.807, 2.05) is 17.0 Å². The fourth-order valence-corrected chi connectivity index (χ4v) is 1.69. The smallest absolute Gasteiger partial charge is 0.242 e. The van der Waals surface area contributed by atoms with Crippen molar-refractivity contribution in [2.45, 2.75) is 44.8 Å². The van der Waals surface area contributed by atoms with Crippen LogP contribution in [0.2, 0.25) is 0 Å². The molecule has 0 bridgehead atoms. The van der Waals surface area contributed by atoms with E-state index in [1.54, 1.807) is 20.1 Å². The van der Waals surface area contributed by atoms with E-state index in [0.29, 0.717) is 12.6 Å². The minimum atomic E-state index is -0.810. The Labute approximate surface area is 95.4 Å². The summed E-state index contributed by atoms with van der Waals surface area (Å²) in [7, 11) is 0. The van der Waals surface area contributed by atoms with Crippen LogP contribution in [0.4, 0.5) is 0 Å². The van der Waals surface area contributed by atoms with E-state index in [1.165, 1.54) is 0 Å². The lowest BCUT2D eigenvalue weighted by molar-refractivity contribution is -0.137. The topological polar surface area (TPSA) is 59.5 Å². The minimum absolute atomic E-state index is 0.00796. The average molecular weight is 222 g/mol. The van der Waals surface area contributed by atoms with Gasteiger partial charge < -0.3 is 15.1 Å². The van der Waals surface area contributed by atoms with Crippen molar-refractivity contribution >= 4 is 5.91 Å². The highest BCUT2D eigenvalue weighted by Crippen LogP contribution is 2.30. The molecule has 1 aromatic rings. The summed E-state index contributed by atoms with van der Waals surface area (Å²) in [6.07, 6.45) is 3.77. The number of nitrogens with zero attached hydrogens (tertiary/aromatic N) is 1. The summed E-state index contributed by atoms with van der Waals surface area (Å²) < 4.78 is 5.27. The second-order valence-electron chi connectivity index (χ2n) is 4.97. The first kappa shape index (κ1) is 11.2. The Morgan fingerprint density at radius 2 is 2.31 bits per heavy atom. The molecule has 0 saturated heterocycles. The molecule has 0 spiro atoms. The zero-order valence-electron chi connectivity index (χ0n) is 9.77. The van der Waals surface area contributed by atoms with Crippen molar-refractivity contribution in [3.63, 3.8) is 0 Å². The number of hydrogen-bond donors (Lipinski definition) is 1. The molecule has 0 atom stereocenters. The molecule has 0 aliphatic heterocycles. The molecule has 1 saturated carbocycles. The summed E-state index contributed by atoms with van der Waals surface area (Å²) in [6, 6.07) is 4.06. The quantitative estimate of drug-likeness (QED) is 0.840. The lowest BCUT2D eigenvalue weighted by Crippen LogP contribution is -2.51. The lowest BCUT2D eigenvalue weighted by atomic mass is 10.1. The molecule has 1 heterocycles. The van der Waals surface area contributed by atoms with Crippen LogP contribution in [0.25, 0.3) is 0 Å². The lowest BCUT2D eigenvalue weighted by Gasteiger charge is -2.28. The van der Waals surface area contributed by atoms with Gasteiger partial charge in [0.1, 0.15) is 5.76 Å². The molecule has 0 unspecified atom stereocenters. The van der Waals surface area contributed by atoms with Gasteiger partial charge in [-0.3, -0.25) is 4.79 Å². The van der Waals surface area contributed by atoms with Crippen LogP contribution in [0, 0.1) is 0 Å². The SMILES string of the molecule is CC(C)(N)C(=O)N(Cc1ccco1)C1CC1. The number of carbonyl (C=O) groups is 1. The molecule has 88 valence electrons. The molecule has 1 aliphatic carbocycles. The van der Waals surface area contributed by atoms with Crippen molar-refractivity contribution in [3.05, 3.63) is 24.2 Å². The van der Waals surface area contributed by atoms with Gasteiger partial charge in [0, 0.05) is 6.04 Å². The molecule has 1 amide bonds. The van der Waals surface area contributed by atoms with Gasteiger partial charge in [0.05, 0.1) is 18.3 Å². The van der Waals surface area contributed by atoms with Gasteiger partial charge in [-0.15, -0.1) is 0 Å². The first-order chi connectivity index (χ1) is 7.48. The number of furan rings is 1. The Morgan fingerprint density at radius 3 is 2.75 bits per heavy atom. The van der Waals surface area contributed by atoms with Crippen LogP contribution in [0.3, 0.4) is 0 Å². The van der Waals surface area contributed by atoms with Crippen LogP contribution >= 0.6 is 0 Å². The van der Waals surface area contributed by atoms with Gasteiger partial charge >= 0.3 is 0 Å². The molecule has 2 rings (SSSR count). The first-order valence-electron chi connectivity index (χ1n) is 5.61. The van der Waals surface area contributed by atoms with Gasteiger partial charge in [0.15, 0.2) is 0 Å².